The first kappa shape index (κ1) is 18.1. The monoisotopic (exact) mass is 274 g/mol. The summed E-state index contributed by atoms with van der Waals surface area (Å²) in [5.41, 5.74) is 5.75. The third-order valence-corrected chi connectivity index (χ3v) is 2.63. The van der Waals surface area contributed by atoms with Crippen molar-refractivity contribution >= 4 is 5.96 Å². The molecule has 0 atom stereocenters. The molecule has 0 aromatic rings. The van der Waals surface area contributed by atoms with E-state index < -0.39 is 0 Å². The average molecular weight is 274 g/mol. The van der Waals surface area contributed by atoms with Crippen LogP contribution in [0.25, 0.3) is 0 Å². The van der Waals surface area contributed by atoms with E-state index in [0.717, 1.165) is 52.3 Å². The highest BCUT2D eigenvalue weighted by Gasteiger charge is 1.97. The van der Waals surface area contributed by atoms with Crippen LogP contribution < -0.4 is 11.1 Å². The normalized spacial score (nSPS) is 12.1. The van der Waals surface area contributed by atoms with Gasteiger partial charge in [-0.1, -0.05) is 0 Å². The summed E-state index contributed by atoms with van der Waals surface area (Å²) in [6, 6.07) is 0. The molecule has 0 fully saturated rings. The van der Waals surface area contributed by atoms with E-state index in [2.05, 4.69) is 22.3 Å². The maximum absolute atomic E-state index is 5.75. The second-order valence-corrected chi connectivity index (χ2v) is 4.39. The van der Waals surface area contributed by atoms with Crippen molar-refractivity contribution in [2.24, 2.45) is 10.7 Å². The van der Waals surface area contributed by atoms with E-state index in [1.807, 2.05) is 6.92 Å². The minimum absolute atomic E-state index is 0.524. The molecule has 6 heteroatoms. The van der Waals surface area contributed by atoms with Crippen LogP contribution in [-0.4, -0.2) is 71.0 Å². The Morgan fingerprint density at radius 2 is 2.05 bits per heavy atom. The lowest BCUT2D eigenvalue weighted by Gasteiger charge is -2.15. The van der Waals surface area contributed by atoms with Gasteiger partial charge in [-0.25, -0.2) is 0 Å². The molecular weight excluding hydrogens is 244 g/mol. The van der Waals surface area contributed by atoms with Crippen LogP contribution in [0.5, 0.6) is 0 Å². The Balaban J connectivity index is 3.41. The lowest BCUT2D eigenvalue weighted by Crippen LogP contribution is -2.34. The summed E-state index contributed by atoms with van der Waals surface area (Å²) in [6.45, 7) is 7.80. The van der Waals surface area contributed by atoms with Crippen LogP contribution in [-0.2, 0) is 9.47 Å². The molecule has 0 rings (SSSR count). The molecule has 0 bridgehead atoms. The number of rotatable bonds is 12. The van der Waals surface area contributed by atoms with Crippen molar-refractivity contribution in [3.05, 3.63) is 0 Å². The maximum atomic E-state index is 5.75. The zero-order valence-corrected chi connectivity index (χ0v) is 12.7. The van der Waals surface area contributed by atoms with Crippen molar-refractivity contribution in [3.63, 3.8) is 0 Å². The molecule has 0 amide bonds. The quantitative estimate of drug-likeness (QED) is 0.304. The number of ether oxygens (including phenoxy) is 2. The van der Waals surface area contributed by atoms with E-state index in [0.29, 0.717) is 12.5 Å². The first-order chi connectivity index (χ1) is 9.20. The van der Waals surface area contributed by atoms with Crippen molar-refractivity contribution in [2.75, 3.05) is 60.2 Å². The molecule has 0 radical (unpaired) electrons. The molecule has 0 saturated carbocycles. The number of hydrogen-bond acceptors (Lipinski definition) is 4. The van der Waals surface area contributed by atoms with Crippen molar-refractivity contribution in [1.82, 2.24) is 10.2 Å². The predicted octanol–water partition coefficient (Wildman–Crippen LogP) is 0.286. The number of aliphatic imine (C=N–C) groups is 1. The van der Waals surface area contributed by atoms with Crippen LogP contribution >= 0.6 is 0 Å². The van der Waals surface area contributed by atoms with Crippen LogP contribution in [0.15, 0.2) is 4.99 Å². The molecule has 0 heterocycles. The first-order valence-corrected chi connectivity index (χ1v) is 6.99. The molecule has 0 saturated heterocycles. The van der Waals surface area contributed by atoms with E-state index in [1.54, 1.807) is 7.11 Å². The third-order valence-electron chi connectivity index (χ3n) is 2.63. The Morgan fingerprint density at radius 1 is 1.26 bits per heavy atom. The zero-order chi connectivity index (χ0) is 14.3. The van der Waals surface area contributed by atoms with Crippen LogP contribution in [0.2, 0.25) is 0 Å². The van der Waals surface area contributed by atoms with Crippen molar-refractivity contribution in [1.29, 1.82) is 0 Å². The molecule has 0 unspecified atom stereocenters. The molecule has 0 aromatic carbocycles. The van der Waals surface area contributed by atoms with E-state index in [-0.39, 0.29) is 0 Å². The number of methoxy groups -OCH3 is 1. The van der Waals surface area contributed by atoms with Crippen LogP contribution in [0.1, 0.15) is 19.8 Å². The van der Waals surface area contributed by atoms with Gasteiger partial charge in [0.2, 0.25) is 0 Å². The molecule has 19 heavy (non-hydrogen) atoms. The largest absolute Gasteiger partial charge is 0.383 e. The van der Waals surface area contributed by atoms with E-state index in [4.69, 9.17) is 15.2 Å². The predicted molar refractivity (Wildman–Crippen MR) is 79.6 cm³/mol. The first-order valence-electron chi connectivity index (χ1n) is 6.99. The van der Waals surface area contributed by atoms with Gasteiger partial charge in [0.05, 0.1) is 6.61 Å². The minimum atomic E-state index is 0.524. The molecule has 0 aliphatic rings. The molecular formula is C13H30N4O2. The minimum Gasteiger partial charge on any atom is -0.383 e. The summed E-state index contributed by atoms with van der Waals surface area (Å²) in [7, 11) is 3.81. The Labute approximate surface area is 117 Å². The number of guanidine groups is 1. The van der Waals surface area contributed by atoms with Crippen molar-refractivity contribution < 1.29 is 9.47 Å². The second kappa shape index (κ2) is 13.6. The van der Waals surface area contributed by atoms with Crippen LogP contribution in [0.3, 0.4) is 0 Å². The van der Waals surface area contributed by atoms with Gasteiger partial charge in [0.25, 0.3) is 0 Å². The lowest BCUT2D eigenvalue weighted by molar-refractivity contribution is 0.146. The van der Waals surface area contributed by atoms with Gasteiger partial charge in [-0.3, -0.25) is 4.99 Å². The topological polar surface area (TPSA) is 72.1 Å². The van der Waals surface area contributed by atoms with Gasteiger partial charge >= 0.3 is 0 Å². The summed E-state index contributed by atoms with van der Waals surface area (Å²) in [5.74, 6) is 0.524. The summed E-state index contributed by atoms with van der Waals surface area (Å²) in [4.78, 5) is 6.47. The fourth-order valence-electron chi connectivity index (χ4n) is 1.49. The summed E-state index contributed by atoms with van der Waals surface area (Å²) >= 11 is 0. The number of nitrogens with one attached hydrogen (secondary N) is 1. The summed E-state index contributed by atoms with van der Waals surface area (Å²) < 4.78 is 10.2. The van der Waals surface area contributed by atoms with Crippen molar-refractivity contribution in [3.8, 4) is 0 Å². The standard InChI is InChI=1S/C13H30N4O2/c1-4-19-11-6-8-16-13(14)15-7-5-9-17(2)10-12-18-3/h4-12H2,1-3H3,(H3,14,15,16). The molecule has 0 aromatic heterocycles. The zero-order valence-electron chi connectivity index (χ0n) is 12.7. The number of likely N-dealkylation sites (N-methyl/N-ethyl adjacent to an activating group) is 1. The van der Waals surface area contributed by atoms with Gasteiger partial charge in [0.1, 0.15) is 0 Å². The highest BCUT2D eigenvalue weighted by Crippen LogP contribution is 1.87. The Bertz CT molecular complexity index is 225. The smallest absolute Gasteiger partial charge is 0.188 e. The van der Waals surface area contributed by atoms with Gasteiger partial charge in [0.15, 0.2) is 5.96 Å². The van der Waals surface area contributed by atoms with Gasteiger partial charge in [-0.15, -0.1) is 0 Å². The SMILES string of the molecule is CCOCCCN=C(N)NCCCN(C)CCOC. The molecule has 0 aliphatic carbocycles. The highest BCUT2D eigenvalue weighted by molar-refractivity contribution is 5.77. The molecule has 6 nitrogen and oxygen atoms in total. The van der Waals surface area contributed by atoms with Gasteiger partial charge < -0.3 is 25.4 Å². The molecule has 114 valence electrons. The van der Waals surface area contributed by atoms with Crippen molar-refractivity contribution in [2.45, 2.75) is 19.8 Å². The molecule has 0 aliphatic heterocycles. The van der Waals surface area contributed by atoms with Gasteiger partial charge in [-0.2, -0.15) is 0 Å². The lowest BCUT2D eigenvalue weighted by atomic mass is 10.4. The molecule has 0 spiro atoms. The maximum Gasteiger partial charge on any atom is 0.188 e. The Kier molecular flexibility index (Phi) is 13.0. The second-order valence-electron chi connectivity index (χ2n) is 4.39. The van der Waals surface area contributed by atoms with Gasteiger partial charge in [0, 0.05) is 40.0 Å². The fourth-order valence-corrected chi connectivity index (χ4v) is 1.49. The fraction of sp³-hybridized carbons (Fsp3) is 0.923. The Hall–Kier alpha value is -0.850. The summed E-state index contributed by atoms with van der Waals surface area (Å²) in [6.07, 6.45) is 1.95. The Morgan fingerprint density at radius 3 is 2.74 bits per heavy atom. The van der Waals surface area contributed by atoms with Crippen LogP contribution in [0.4, 0.5) is 0 Å². The summed E-state index contributed by atoms with van der Waals surface area (Å²) in [5, 5.41) is 3.11. The van der Waals surface area contributed by atoms with E-state index in [9.17, 15) is 0 Å². The number of nitrogens with two attached hydrogens (primary N) is 1. The number of hydrogen-bond donors (Lipinski definition) is 2. The van der Waals surface area contributed by atoms with E-state index in [1.165, 1.54) is 0 Å². The van der Waals surface area contributed by atoms with Crippen LogP contribution in [0, 0.1) is 0 Å². The third kappa shape index (κ3) is 13.4. The number of nitrogens with zero attached hydrogens (tertiary/aromatic N) is 2. The van der Waals surface area contributed by atoms with E-state index >= 15 is 0 Å². The average Bonchev–Trinajstić information content (AvgIpc) is 2.41. The van der Waals surface area contributed by atoms with Gasteiger partial charge in [-0.05, 0) is 33.4 Å². The molecule has 3 N–H and O–H groups in total. The highest BCUT2D eigenvalue weighted by atomic mass is 16.5.